The smallest absolute Gasteiger partial charge is 0.267 e. The molecule has 24 heavy (non-hydrogen) atoms. The van der Waals surface area contributed by atoms with Crippen LogP contribution in [0.3, 0.4) is 0 Å². The number of halogens is 1. The van der Waals surface area contributed by atoms with Crippen molar-refractivity contribution < 1.29 is 4.79 Å². The highest BCUT2D eigenvalue weighted by molar-refractivity contribution is 14.1. The molecule has 2 aromatic rings. The minimum atomic E-state index is -0.0341. The van der Waals surface area contributed by atoms with Gasteiger partial charge in [0, 0.05) is 10.1 Å². The van der Waals surface area contributed by atoms with Crippen LogP contribution in [0, 0.1) is 3.57 Å². The van der Waals surface area contributed by atoms with E-state index in [2.05, 4.69) is 34.2 Å². The van der Waals surface area contributed by atoms with Crippen LogP contribution < -0.4 is 0 Å². The van der Waals surface area contributed by atoms with Gasteiger partial charge < -0.3 is 0 Å². The summed E-state index contributed by atoms with van der Waals surface area (Å²) in [4.78, 5) is 19.6. The lowest BCUT2D eigenvalue weighted by Crippen LogP contribution is -2.29. The maximum absolute atomic E-state index is 12.7. The molecule has 0 saturated carbocycles. The van der Waals surface area contributed by atoms with E-state index in [1.807, 2.05) is 60.7 Å². The molecule has 1 saturated heterocycles. The number of rotatable bonds is 4. The number of benzene rings is 2. The van der Waals surface area contributed by atoms with E-state index >= 15 is 0 Å². The number of amidine groups is 1. The molecule has 2 aromatic carbocycles. The summed E-state index contributed by atoms with van der Waals surface area (Å²) in [5, 5.41) is 0.683. The third-order valence-corrected chi connectivity index (χ3v) is 5.07. The minimum Gasteiger partial charge on any atom is -0.283 e. The molecule has 0 radical (unpaired) electrons. The van der Waals surface area contributed by atoms with Gasteiger partial charge in [-0.3, -0.25) is 9.69 Å². The van der Waals surface area contributed by atoms with Crippen LogP contribution in [0.4, 0.5) is 5.69 Å². The number of carbonyl (C=O) groups excluding carboxylic acids is 1. The van der Waals surface area contributed by atoms with Gasteiger partial charge in [-0.1, -0.05) is 36.4 Å². The van der Waals surface area contributed by atoms with E-state index in [9.17, 15) is 4.79 Å². The molecule has 1 fully saturated rings. The molecule has 5 heteroatoms. The van der Waals surface area contributed by atoms with Crippen molar-refractivity contribution in [2.45, 2.75) is 0 Å². The second kappa shape index (κ2) is 7.81. The third-order valence-electron chi connectivity index (χ3n) is 3.35. The Morgan fingerprint density at radius 1 is 1.12 bits per heavy atom. The highest BCUT2D eigenvalue weighted by Crippen LogP contribution is 2.34. The van der Waals surface area contributed by atoms with Crippen LogP contribution >= 0.6 is 34.4 Å². The maximum Gasteiger partial charge on any atom is 0.267 e. The predicted octanol–water partition coefficient (Wildman–Crippen LogP) is 5.08. The highest BCUT2D eigenvalue weighted by atomic mass is 127. The molecule has 1 heterocycles. The fraction of sp³-hybridized carbons (Fsp3) is 0.0526. The first-order valence-corrected chi connectivity index (χ1v) is 9.28. The van der Waals surface area contributed by atoms with Crippen molar-refractivity contribution in [3.63, 3.8) is 0 Å². The zero-order valence-corrected chi connectivity index (χ0v) is 15.8. The van der Waals surface area contributed by atoms with Crippen LogP contribution in [-0.2, 0) is 4.79 Å². The van der Waals surface area contributed by atoms with Gasteiger partial charge in [0.15, 0.2) is 5.17 Å². The van der Waals surface area contributed by atoms with E-state index in [0.717, 1.165) is 11.3 Å². The van der Waals surface area contributed by atoms with Gasteiger partial charge in [-0.25, -0.2) is 4.99 Å². The minimum absolute atomic E-state index is 0.0341. The average Bonchev–Trinajstić information content (AvgIpc) is 2.87. The van der Waals surface area contributed by atoms with E-state index in [1.54, 1.807) is 11.0 Å². The number of hydrogen-bond acceptors (Lipinski definition) is 3. The van der Waals surface area contributed by atoms with Crippen LogP contribution in [0.2, 0.25) is 0 Å². The molecule has 0 atom stereocenters. The van der Waals surface area contributed by atoms with Gasteiger partial charge in [0.2, 0.25) is 0 Å². The van der Waals surface area contributed by atoms with Crippen molar-refractivity contribution in [1.82, 2.24) is 4.90 Å². The Kier molecular flexibility index (Phi) is 5.52. The van der Waals surface area contributed by atoms with Crippen molar-refractivity contribution in [3.05, 3.63) is 81.3 Å². The van der Waals surface area contributed by atoms with Gasteiger partial charge >= 0.3 is 0 Å². The van der Waals surface area contributed by atoms with E-state index in [4.69, 9.17) is 0 Å². The number of nitrogens with zero attached hydrogens (tertiary/aromatic N) is 2. The molecule has 120 valence electrons. The monoisotopic (exact) mass is 446 g/mol. The summed E-state index contributed by atoms with van der Waals surface area (Å²) in [6.45, 7) is 4.19. The number of amides is 1. The number of para-hydroxylation sites is 1. The number of thioether (sulfide) groups is 1. The van der Waals surface area contributed by atoms with Crippen molar-refractivity contribution in [1.29, 1.82) is 0 Å². The van der Waals surface area contributed by atoms with Crippen LogP contribution in [0.15, 0.2) is 77.1 Å². The van der Waals surface area contributed by atoms with E-state index in [1.165, 1.54) is 15.3 Å². The van der Waals surface area contributed by atoms with Crippen molar-refractivity contribution in [3.8, 4) is 0 Å². The lowest BCUT2D eigenvalue weighted by atomic mass is 10.2. The zero-order chi connectivity index (χ0) is 16.9. The molecule has 1 aliphatic rings. The average molecular weight is 446 g/mol. The molecule has 1 aliphatic heterocycles. The molecular formula is C19H15IN2OS. The summed E-state index contributed by atoms with van der Waals surface area (Å²) in [5.74, 6) is -0.0341. The zero-order valence-electron chi connectivity index (χ0n) is 12.9. The van der Waals surface area contributed by atoms with Crippen LogP contribution in [0.5, 0.6) is 0 Å². The normalized spacial score (nSPS) is 17.7. The Morgan fingerprint density at radius 3 is 2.50 bits per heavy atom. The van der Waals surface area contributed by atoms with Gasteiger partial charge in [0.05, 0.1) is 10.6 Å². The van der Waals surface area contributed by atoms with E-state index in [-0.39, 0.29) is 5.91 Å². The Labute approximate surface area is 159 Å². The van der Waals surface area contributed by atoms with Gasteiger partial charge in [-0.05, 0) is 70.3 Å². The maximum atomic E-state index is 12.7. The van der Waals surface area contributed by atoms with Crippen molar-refractivity contribution in [2.75, 3.05) is 6.54 Å². The molecular weight excluding hydrogens is 431 g/mol. The number of hydrogen-bond donors (Lipinski definition) is 0. The fourth-order valence-electron chi connectivity index (χ4n) is 2.20. The molecule has 0 unspecified atom stereocenters. The molecule has 0 spiro atoms. The molecule has 1 amide bonds. The second-order valence-electron chi connectivity index (χ2n) is 5.10. The summed E-state index contributed by atoms with van der Waals surface area (Å²) >= 11 is 3.66. The standard InChI is InChI=1S/C19H15IN2OS/c1-2-12-22-18(23)17(13-14-8-10-15(20)11-9-14)24-19(22)21-16-6-4-3-5-7-16/h2-11,13H,1,12H2. The topological polar surface area (TPSA) is 32.7 Å². The summed E-state index contributed by atoms with van der Waals surface area (Å²) in [6, 6.07) is 17.7. The lowest BCUT2D eigenvalue weighted by molar-refractivity contribution is -0.121. The first kappa shape index (κ1) is 17.0. The quantitative estimate of drug-likeness (QED) is 0.373. The molecule has 0 bridgehead atoms. The van der Waals surface area contributed by atoms with Gasteiger partial charge in [0.25, 0.3) is 5.91 Å². The Balaban J connectivity index is 1.93. The van der Waals surface area contributed by atoms with E-state index in [0.29, 0.717) is 16.6 Å². The van der Waals surface area contributed by atoms with Gasteiger partial charge in [0.1, 0.15) is 0 Å². The Hall–Kier alpha value is -1.86. The van der Waals surface area contributed by atoms with Crippen molar-refractivity contribution in [2.24, 2.45) is 4.99 Å². The molecule has 3 rings (SSSR count). The highest BCUT2D eigenvalue weighted by Gasteiger charge is 2.32. The van der Waals surface area contributed by atoms with Gasteiger partial charge in [-0.2, -0.15) is 0 Å². The molecule has 0 N–H and O–H groups in total. The van der Waals surface area contributed by atoms with Crippen LogP contribution in [-0.4, -0.2) is 22.5 Å². The van der Waals surface area contributed by atoms with Crippen LogP contribution in [0.25, 0.3) is 6.08 Å². The second-order valence-corrected chi connectivity index (χ2v) is 7.35. The first-order chi connectivity index (χ1) is 11.7. The summed E-state index contributed by atoms with van der Waals surface area (Å²) in [7, 11) is 0. The fourth-order valence-corrected chi connectivity index (χ4v) is 3.57. The summed E-state index contributed by atoms with van der Waals surface area (Å²) in [6.07, 6.45) is 3.62. The van der Waals surface area contributed by atoms with E-state index < -0.39 is 0 Å². The predicted molar refractivity (Wildman–Crippen MR) is 110 cm³/mol. The Bertz CT molecular complexity index is 813. The molecule has 3 nitrogen and oxygen atoms in total. The summed E-state index contributed by atoms with van der Waals surface area (Å²) in [5.41, 5.74) is 1.84. The van der Waals surface area contributed by atoms with Gasteiger partial charge in [-0.15, -0.1) is 6.58 Å². The lowest BCUT2D eigenvalue weighted by Gasteiger charge is -2.12. The first-order valence-electron chi connectivity index (χ1n) is 7.39. The number of aliphatic imine (C=N–C) groups is 1. The molecule has 0 aliphatic carbocycles. The Morgan fingerprint density at radius 2 is 1.83 bits per heavy atom. The number of carbonyl (C=O) groups is 1. The van der Waals surface area contributed by atoms with Crippen molar-refractivity contribution >= 4 is 57.2 Å². The third kappa shape index (κ3) is 3.96. The van der Waals surface area contributed by atoms with Crippen LogP contribution in [0.1, 0.15) is 5.56 Å². The summed E-state index contributed by atoms with van der Waals surface area (Å²) < 4.78 is 1.17. The molecule has 0 aromatic heterocycles. The largest absolute Gasteiger partial charge is 0.283 e. The SMILES string of the molecule is C=CCN1C(=O)C(=Cc2ccc(I)cc2)SC1=Nc1ccccc1.